The fraction of sp³-hybridized carbons (Fsp3) is 0.208. The van der Waals surface area contributed by atoms with Gasteiger partial charge in [0.05, 0.1) is 0 Å². The van der Waals surface area contributed by atoms with Gasteiger partial charge in [0, 0.05) is 11.1 Å². The fourth-order valence-electron chi connectivity index (χ4n) is 4.44. The molecule has 3 aromatic rings. The molecule has 0 aromatic heterocycles. The second-order valence-corrected chi connectivity index (χ2v) is 8.51. The van der Waals surface area contributed by atoms with Crippen LogP contribution in [0.25, 0.3) is 0 Å². The largest absolute Gasteiger partial charge is 0.319 e. The van der Waals surface area contributed by atoms with Gasteiger partial charge in [-0.05, 0) is 42.7 Å². The van der Waals surface area contributed by atoms with Crippen molar-refractivity contribution < 1.29 is 4.79 Å². The zero-order valence-electron chi connectivity index (χ0n) is 15.8. The first-order valence-electron chi connectivity index (χ1n) is 9.37. The molecule has 1 atom stereocenters. The number of amides is 1. The molecule has 1 fully saturated rings. The van der Waals surface area contributed by atoms with Gasteiger partial charge < -0.3 is 4.90 Å². The molecular formula is C24H22ClNOS. The van der Waals surface area contributed by atoms with Crippen molar-refractivity contribution in [1.29, 1.82) is 0 Å². The minimum Gasteiger partial charge on any atom is -0.319 e. The Morgan fingerprint density at radius 2 is 1.25 bits per heavy atom. The molecule has 3 aromatic carbocycles. The highest BCUT2D eigenvalue weighted by molar-refractivity contribution is 7.81. The van der Waals surface area contributed by atoms with Gasteiger partial charge in [0.1, 0.15) is 10.3 Å². The van der Waals surface area contributed by atoms with Gasteiger partial charge in [0.2, 0.25) is 5.91 Å². The number of rotatable bonds is 4. The molecule has 1 aliphatic rings. The van der Waals surface area contributed by atoms with Crippen LogP contribution in [0.15, 0.2) is 84.9 Å². The lowest BCUT2D eigenvalue weighted by atomic mass is 9.58. The highest BCUT2D eigenvalue weighted by atomic mass is 35.5. The summed E-state index contributed by atoms with van der Waals surface area (Å²) in [6.07, 6.45) is 0. The van der Waals surface area contributed by atoms with E-state index >= 15 is 0 Å². The van der Waals surface area contributed by atoms with Gasteiger partial charge in [0.15, 0.2) is 0 Å². The molecule has 0 N–H and O–H groups in total. The molecule has 1 unspecified atom stereocenters. The number of carbonyl (C=O) groups excluding carboxylic acids is 1. The number of nitrogens with zero attached hydrogens (tertiary/aromatic N) is 1. The van der Waals surface area contributed by atoms with E-state index in [0.29, 0.717) is 5.02 Å². The van der Waals surface area contributed by atoms with E-state index < -0.39 is 10.3 Å². The molecule has 0 aliphatic carbocycles. The molecule has 28 heavy (non-hydrogen) atoms. The minimum absolute atomic E-state index is 0.00114. The number of hydrogen-bond donors (Lipinski definition) is 1. The standard InChI is InChI=1S/C24H22ClNOS/c1-17(2)26-22(27)23(18-9-5-3-6-10-18,19-11-7-4-8-12-19)24(26,28)20-13-15-21(25)16-14-20/h3-17,28H,1-2H3. The van der Waals surface area contributed by atoms with Crippen LogP contribution in [-0.4, -0.2) is 16.8 Å². The Labute approximate surface area is 176 Å². The van der Waals surface area contributed by atoms with Gasteiger partial charge in [0.25, 0.3) is 0 Å². The summed E-state index contributed by atoms with van der Waals surface area (Å²) in [7, 11) is 0. The number of benzene rings is 3. The Balaban J connectivity index is 2.06. The lowest BCUT2D eigenvalue weighted by Gasteiger charge is -2.65. The molecule has 0 saturated carbocycles. The highest BCUT2D eigenvalue weighted by Gasteiger charge is 2.72. The van der Waals surface area contributed by atoms with Crippen molar-refractivity contribution >= 4 is 30.1 Å². The van der Waals surface area contributed by atoms with Gasteiger partial charge in [-0.25, -0.2) is 0 Å². The van der Waals surface area contributed by atoms with E-state index in [4.69, 9.17) is 24.2 Å². The molecule has 2 nitrogen and oxygen atoms in total. The Morgan fingerprint density at radius 1 is 0.786 bits per heavy atom. The predicted molar refractivity (Wildman–Crippen MR) is 118 cm³/mol. The van der Waals surface area contributed by atoms with Crippen LogP contribution in [0.1, 0.15) is 30.5 Å². The van der Waals surface area contributed by atoms with E-state index in [1.54, 1.807) is 0 Å². The number of halogens is 1. The molecule has 142 valence electrons. The van der Waals surface area contributed by atoms with Gasteiger partial charge in [-0.1, -0.05) is 84.4 Å². The van der Waals surface area contributed by atoms with Crippen LogP contribution < -0.4 is 0 Å². The van der Waals surface area contributed by atoms with Crippen LogP contribution >= 0.6 is 24.2 Å². The summed E-state index contributed by atoms with van der Waals surface area (Å²) in [6, 6.07) is 27.6. The van der Waals surface area contributed by atoms with E-state index in [1.807, 2.05) is 104 Å². The molecule has 1 aliphatic heterocycles. The van der Waals surface area contributed by atoms with Crippen LogP contribution in [0.4, 0.5) is 0 Å². The van der Waals surface area contributed by atoms with E-state index in [2.05, 4.69) is 0 Å². The third-order valence-corrected chi connectivity index (χ3v) is 6.65. The molecule has 1 saturated heterocycles. The number of thiol groups is 1. The summed E-state index contributed by atoms with van der Waals surface area (Å²) in [5, 5.41) is 0.660. The summed E-state index contributed by atoms with van der Waals surface area (Å²) in [5.74, 6) is 0.0600. The maximum atomic E-state index is 13.8. The predicted octanol–water partition coefficient (Wildman–Crippen LogP) is 5.66. The molecule has 4 heteroatoms. The van der Waals surface area contributed by atoms with Crippen LogP contribution in [0, 0.1) is 0 Å². The fourth-order valence-corrected chi connectivity index (χ4v) is 5.39. The Morgan fingerprint density at radius 3 is 1.68 bits per heavy atom. The summed E-state index contributed by atoms with van der Waals surface area (Å²) >= 11 is 11.4. The van der Waals surface area contributed by atoms with E-state index in [1.165, 1.54) is 0 Å². The smallest absolute Gasteiger partial charge is 0.243 e. The van der Waals surface area contributed by atoms with Gasteiger partial charge in [-0.3, -0.25) is 4.79 Å². The summed E-state index contributed by atoms with van der Waals surface area (Å²) in [5.41, 5.74) is 1.90. The minimum atomic E-state index is -0.920. The van der Waals surface area contributed by atoms with E-state index in [9.17, 15) is 4.79 Å². The van der Waals surface area contributed by atoms with Crippen LogP contribution in [0.3, 0.4) is 0 Å². The molecule has 0 bridgehead atoms. The highest BCUT2D eigenvalue weighted by Crippen LogP contribution is 2.62. The average molecular weight is 408 g/mol. The van der Waals surface area contributed by atoms with Crippen LogP contribution in [0.5, 0.6) is 0 Å². The third kappa shape index (κ3) is 2.46. The Hall–Kier alpha value is -2.23. The van der Waals surface area contributed by atoms with Crippen molar-refractivity contribution in [2.45, 2.75) is 30.2 Å². The molecule has 0 spiro atoms. The monoisotopic (exact) mass is 407 g/mol. The Bertz CT molecular complexity index is 949. The van der Waals surface area contributed by atoms with E-state index in [0.717, 1.165) is 16.7 Å². The normalized spacial score (nSPS) is 20.9. The summed E-state index contributed by atoms with van der Waals surface area (Å²) < 4.78 is 0. The lowest BCUT2D eigenvalue weighted by Crippen LogP contribution is -2.77. The van der Waals surface area contributed by atoms with Gasteiger partial charge >= 0.3 is 0 Å². The number of likely N-dealkylation sites (tertiary alicyclic amines) is 1. The van der Waals surface area contributed by atoms with Crippen molar-refractivity contribution in [2.24, 2.45) is 0 Å². The summed E-state index contributed by atoms with van der Waals surface area (Å²) in [4.78, 5) is 14.9. The van der Waals surface area contributed by atoms with Crippen LogP contribution in [0.2, 0.25) is 5.02 Å². The molecular weight excluding hydrogens is 386 g/mol. The molecule has 4 rings (SSSR count). The zero-order chi connectivity index (χ0) is 19.9. The van der Waals surface area contributed by atoms with Gasteiger partial charge in [-0.15, -0.1) is 12.6 Å². The molecule has 1 heterocycles. The SMILES string of the molecule is CC(C)N1C(=O)C(c2ccccc2)(c2ccccc2)C1(S)c1ccc(Cl)cc1. The summed E-state index contributed by atoms with van der Waals surface area (Å²) in [6.45, 7) is 4.05. The zero-order valence-corrected chi connectivity index (χ0v) is 17.5. The van der Waals surface area contributed by atoms with E-state index in [-0.39, 0.29) is 11.9 Å². The van der Waals surface area contributed by atoms with Gasteiger partial charge in [-0.2, -0.15) is 0 Å². The number of β-lactam (4-membered cyclic amide) rings is 1. The number of carbonyl (C=O) groups is 1. The topological polar surface area (TPSA) is 20.3 Å². The van der Waals surface area contributed by atoms with Crippen molar-refractivity contribution in [3.05, 3.63) is 107 Å². The molecule has 0 radical (unpaired) electrons. The maximum Gasteiger partial charge on any atom is 0.243 e. The van der Waals surface area contributed by atoms with Crippen LogP contribution in [-0.2, 0) is 15.1 Å². The Kier molecular flexibility index (Phi) is 4.76. The van der Waals surface area contributed by atoms with Crippen molar-refractivity contribution in [2.75, 3.05) is 0 Å². The first-order chi connectivity index (χ1) is 13.4. The number of hydrogen-bond acceptors (Lipinski definition) is 2. The van der Waals surface area contributed by atoms with Crippen molar-refractivity contribution in [1.82, 2.24) is 4.90 Å². The maximum absolute atomic E-state index is 13.8. The first-order valence-corrected chi connectivity index (χ1v) is 10.2. The quantitative estimate of drug-likeness (QED) is 0.437. The molecule has 1 amide bonds. The second kappa shape index (κ2) is 6.98. The lowest BCUT2D eigenvalue weighted by molar-refractivity contribution is -0.166. The first kappa shape index (κ1) is 19.1. The second-order valence-electron chi connectivity index (χ2n) is 7.43. The third-order valence-electron chi connectivity index (χ3n) is 5.59. The van der Waals surface area contributed by atoms with Crippen molar-refractivity contribution in [3.8, 4) is 0 Å². The average Bonchev–Trinajstić information content (AvgIpc) is 2.70. The van der Waals surface area contributed by atoms with Crippen molar-refractivity contribution in [3.63, 3.8) is 0 Å².